The second kappa shape index (κ2) is 20.2. The second-order valence-corrected chi connectivity index (χ2v) is 12.5. The monoisotopic (exact) mass is 796 g/mol. The van der Waals surface area contributed by atoms with E-state index >= 15 is 0 Å². The van der Waals surface area contributed by atoms with E-state index in [4.69, 9.17) is 47.4 Å². The summed E-state index contributed by atoms with van der Waals surface area (Å²) in [7, 11) is 0. The lowest BCUT2D eigenvalue weighted by molar-refractivity contribution is -0.263. The number of rotatable bonds is 14. The van der Waals surface area contributed by atoms with Gasteiger partial charge in [-0.3, -0.25) is 38.4 Å². The largest absolute Gasteiger partial charge is 0.463 e. The summed E-state index contributed by atoms with van der Waals surface area (Å²) in [6, 6.07) is 2.42. The van der Waals surface area contributed by atoms with Gasteiger partial charge in [0, 0.05) is 55.4 Å². The smallest absolute Gasteiger partial charge is 0.340 e. The van der Waals surface area contributed by atoms with E-state index in [1.54, 1.807) is 0 Å². The third-order valence-electron chi connectivity index (χ3n) is 7.71. The molecule has 2 aliphatic rings. The van der Waals surface area contributed by atoms with Crippen LogP contribution in [0, 0.1) is 0 Å². The van der Waals surface area contributed by atoms with E-state index in [1.807, 2.05) is 0 Å². The summed E-state index contributed by atoms with van der Waals surface area (Å²) in [5.41, 5.74) is -0.103. The fourth-order valence-electron chi connectivity index (χ4n) is 5.76. The molecule has 10 atom stereocenters. The van der Waals surface area contributed by atoms with Crippen molar-refractivity contribution in [3.63, 3.8) is 0 Å². The van der Waals surface area contributed by atoms with Crippen LogP contribution in [-0.4, -0.2) is 128 Å². The minimum atomic E-state index is -1.69. The predicted molar refractivity (Wildman–Crippen MR) is 180 cm³/mol. The van der Waals surface area contributed by atoms with Gasteiger partial charge in [-0.05, 0) is 24.3 Å². The number of amides is 2. The minimum absolute atomic E-state index is 0.0336. The molecule has 2 aliphatic heterocycles. The van der Waals surface area contributed by atoms with Gasteiger partial charge in [0.25, 0.3) is 0 Å². The molecule has 2 heterocycles. The molecular weight excluding hydrogens is 752 g/mol. The summed E-state index contributed by atoms with van der Waals surface area (Å²) in [6.45, 7) is 7.86. The normalized spacial score (nSPS) is 26.9. The zero-order valence-corrected chi connectivity index (χ0v) is 31.8. The van der Waals surface area contributed by atoms with Crippen molar-refractivity contribution in [3.05, 3.63) is 29.8 Å². The van der Waals surface area contributed by atoms with E-state index in [0.717, 1.165) is 48.5 Å². The Labute approximate surface area is 320 Å². The summed E-state index contributed by atoms with van der Waals surface area (Å²) >= 11 is 0. The van der Waals surface area contributed by atoms with Gasteiger partial charge in [-0.15, -0.1) is 0 Å². The third kappa shape index (κ3) is 13.2. The van der Waals surface area contributed by atoms with Crippen molar-refractivity contribution in [1.29, 1.82) is 0 Å². The van der Waals surface area contributed by atoms with Gasteiger partial charge in [-0.2, -0.15) is 0 Å². The first-order valence-corrected chi connectivity index (χ1v) is 17.0. The quantitative estimate of drug-likeness (QED) is 0.178. The number of hydrogen-bond acceptors (Lipinski definition) is 19. The van der Waals surface area contributed by atoms with Crippen LogP contribution in [0.25, 0.3) is 0 Å². The molecule has 1 aromatic rings. The Kier molecular flexibility index (Phi) is 16.1. The van der Waals surface area contributed by atoms with Crippen LogP contribution >= 0.6 is 0 Å². The van der Waals surface area contributed by atoms with Crippen LogP contribution < -0.4 is 15.4 Å². The van der Waals surface area contributed by atoms with Crippen molar-refractivity contribution < 1.29 is 90.5 Å². The number of carbonyl (C=O) groups excluding carboxylic acids is 9. The zero-order valence-electron chi connectivity index (χ0n) is 31.8. The van der Waals surface area contributed by atoms with Crippen LogP contribution in [0.4, 0.5) is 0 Å². The minimum Gasteiger partial charge on any atom is -0.463 e. The van der Waals surface area contributed by atoms with Crippen molar-refractivity contribution in [3.8, 4) is 5.75 Å². The van der Waals surface area contributed by atoms with Crippen LogP contribution in [0.3, 0.4) is 0 Å². The Morgan fingerprint density at radius 2 is 0.875 bits per heavy atom. The van der Waals surface area contributed by atoms with E-state index in [-0.39, 0.29) is 11.3 Å². The maximum absolute atomic E-state index is 13.5. The van der Waals surface area contributed by atoms with E-state index in [1.165, 1.54) is 31.2 Å². The molecule has 0 radical (unpaired) electrons. The van der Waals surface area contributed by atoms with Crippen molar-refractivity contribution in [2.45, 2.75) is 117 Å². The van der Waals surface area contributed by atoms with Crippen molar-refractivity contribution >= 4 is 53.6 Å². The highest BCUT2D eigenvalue weighted by molar-refractivity contribution is 5.89. The highest BCUT2D eigenvalue weighted by Crippen LogP contribution is 2.31. The lowest BCUT2D eigenvalue weighted by Crippen LogP contribution is -2.67. The number of carbonyl (C=O) groups is 9. The summed E-state index contributed by atoms with van der Waals surface area (Å²) < 4.78 is 55.2. The number of ether oxygens (including phenoxy) is 10. The molecule has 1 aromatic carbocycles. The summed E-state index contributed by atoms with van der Waals surface area (Å²) in [5, 5.41) is 5.05. The molecule has 2 amide bonds. The molecule has 2 fully saturated rings. The fraction of sp³-hybridized carbons (Fsp3) is 0.571. The summed E-state index contributed by atoms with van der Waals surface area (Å²) in [5.74, 6) is -6.95. The number of esters is 7. The average molecular weight is 797 g/mol. The van der Waals surface area contributed by atoms with Crippen molar-refractivity contribution in [2.24, 2.45) is 0 Å². The molecule has 3 rings (SSSR count). The molecule has 0 saturated carbocycles. The Bertz CT molecular complexity index is 1650. The maximum atomic E-state index is 13.5. The van der Waals surface area contributed by atoms with Crippen LogP contribution in [-0.2, 0) is 81.0 Å². The number of nitrogens with one attached hydrogen (secondary N) is 2. The molecule has 21 heteroatoms. The second-order valence-electron chi connectivity index (χ2n) is 12.5. The molecule has 0 bridgehead atoms. The maximum Gasteiger partial charge on any atom is 0.340 e. The molecule has 56 heavy (non-hydrogen) atoms. The average Bonchev–Trinajstić information content (AvgIpc) is 3.07. The Balaban J connectivity index is 1.93. The van der Waals surface area contributed by atoms with E-state index in [2.05, 4.69) is 10.6 Å². The van der Waals surface area contributed by atoms with E-state index < -0.39 is 128 Å². The zero-order chi connectivity index (χ0) is 41.9. The fourth-order valence-corrected chi connectivity index (χ4v) is 5.76. The highest BCUT2D eigenvalue weighted by Gasteiger charge is 2.53. The molecule has 308 valence electrons. The molecule has 21 nitrogen and oxygen atoms in total. The molecule has 0 aliphatic carbocycles. The van der Waals surface area contributed by atoms with Crippen molar-refractivity contribution in [1.82, 2.24) is 10.6 Å². The Hall–Kier alpha value is -5.83. The van der Waals surface area contributed by atoms with Gasteiger partial charge in [-0.25, -0.2) is 4.79 Å². The highest BCUT2D eigenvalue weighted by atomic mass is 16.7. The molecule has 2 N–H and O–H groups in total. The SMILES string of the molecule is CC(=O)NC1C(OC(=O)c2ccc(OC3OC(COC(C)=O)C(OC(C)=O)C(OC(C)=O)C3NC(C)=O)cc2)OC(COC(C)=O)C(OC(C)=O)C1OC(C)=O. The number of benzene rings is 1. The lowest BCUT2D eigenvalue weighted by Gasteiger charge is -2.44. The first kappa shape index (κ1) is 44.6. The van der Waals surface area contributed by atoms with Gasteiger partial charge in [-0.1, -0.05) is 0 Å². The van der Waals surface area contributed by atoms with Crippen molar-refractivity contribution in [2.75, 3.05) is 13.2 Å². The van der Waals surface area contributed by atoms with Gasteiger partial charge in [0.15, 0.2) is 24.4 Å². The first-order valence-electron chi connectivity index (χ1n) is 17.0. The van der Waals surface area contributed by atoms with Gasteiger partial charge in [0.05, 0.1) is 5.56 Å². The molecule has 0 aromatic heterocycles. The summed E-state index contributed by atoms with van der Waals surface area (Å²) in [4.78, 5) is 110. The standard InChI is InChI=1S/C35H44N2O19/c1-15(38)36-27-31(51-21(7)44)29(49-19(5)42)25(13-47-17(3)40)54-34(27)53-24-11-9-23(10-12-24)33(46)56-35-28(37-16(2)39)32(52-22(8)45)30(50-20(6)43)26(55-35)14-48-18(4)41/h9-12,25-32,34-35H,13-14H2,1-8H3,(H,36,38)(H,37,39). The Morgan fingerprint density at radius 1 is 0.500 bits per heavy atom. The molecule has 2 saturated heterocycles. The van der Waals surface area contributed by atoms with Gasteiger partial charge < -0.3 is 58.0 Å². The third-order valence-corrected chi connectivity index (χ3v) is 7.71. The van der Waals surface area contributed by atoms with E-state index in [0.29, 0.717) is 0 Å². The summed E-state index contributed by atoms with van der Waals surface area (Å²) in [6.07, 6.45) is -11.4. The first-order chi connectivity index (χ1) is 26.2. The molecule has 10 unspecified atom stereocenters. The van der Waals surface area contributed by atoms with E-state index in [9.17, 15) is 43.2 Å². The van der Waals surface area contributed by atoms with Crippen LogP contribution in [0.15, 0.2) is 24.3 Å². The lowest BCUT2D eigenvalue weighted by atomic mass is 9.96. The van der Waals surface area contributed by atoms with Gasteiger partial charge in [0.1, 0.15) is 43.3 Å². The van der Waals surface area contributed by atoms with Crippen LogP contribution in [0.2, 0.25) is 0 Å². The molecular formula is C35H44N2O19. The molecule has 0 spiro atoms. The Morgan fingerprint density at radius 3 is 1.25 bits per heavy atom. The van der Waals surface area contributed by atoms with Crippen LogP contribution in [0.5, 0.6) is 5.75 Å². The van der Waals surface area contributed by atoms with Gasteiger partial charge in [0.2, 0.25) is 24.4 Å². The van der Waals surface area contributed by atoms with Crippen LogP contribution in [0.1, 0.15) is 65.7 Å². The topological polar surface area (TPSA) is 270 Å². The number of hydrogen-bond donors (Lipinski definition) is 2. The predicted octanol–water partition coefficient (Wildman–Crippen LogP) is -0.466. The van der Waals surface area contributed by atoms with Gasteiger partial charge >= 0.3 is 41.8 Å².